The molecule has 2 unspecified atom stereocenters. The lowest BCUT2D eigenvalue weighted by Crippen LogP contribution is -2.40. The van der Waals surface area contributed by atoms with Crippen molar-refractivity contribution in [1.82, 2.24) is 4.98 Å². The third-order valence-electron chi connectivity index (χ3n) is 4.60. The zero-order valence-electron chi connectivity index (χ0n) is 12.6. The van der Waals surface area contributed by atoms with E-state index in [4.69, 9.17) is 4.74 Å². The number of anilines is 1. The van der Waals surface area contributed by atoms with Crippen molar-refractivity contribution in [2.45, 2.75) is 37.9 Å². The van der Waals surface area contributed by atoms with Gasteiger partial charge in [0.05, 0.1) is 12.2 Å². The lowest BCUT2D eigenvalue weighted by molar-refractivity contribution is -0.141. The van der Waals surface area contributed by atoms with Gasteiger partial charge in [-0.05, 0) is 37.8 Å². The Hall–Kier alpha value is -1.81. The van der Waals surface area contributed by atoms with Gasteiger partial charge in [0.25, 0.3) is 0 Å². The molecule has 0 amide bonds. The molecular formula is C16H18F3N3O. The first-order valence-corrected chi connectivity index (χ1v) is 7.83. The van der Waals surface area contributed by atoms with Crippen LogP contribution in [0.4, 0.5) is 19.0 Å². The van der Waals surface area contributed by atoms with Gasteiger partial charge in [-0.15, -0.1) is 0 Å². The number of pyridine rings is 1. The molecule has 0 aliphatic carbocycles. The molecule has 0 bridgehead atoms. The number of rotatable bonds is 2. The van der Waals surface area contributed by atoms with Crippen molar-refractivity contribution in [2.24, 2.45) is 5.92 Å². The predicted molar refractivity (Wildman–Crippen MR) is 77.9 cm³/mol. The number of nitrogens with zero attached hydrogens (tertiary/aromatic N) is 3. The van der Waals surface area contributed by atoms with Crippen LogP contribution in [0.25, 0.3) is 0 Å². The van der Waals surface area contributed by atoms with Gasteiger partial charge < -0.3 is 9.64 Å². The third kappa shape index (κ3) is 3.27. The highest BCUT2D eigenvalue weighted by atomic mass is 19.4. The maximum absolute atomic E-state index is 13.0. The Morgan fingerprint density at radius 1 is 1.26 bits per heavy atom. The van der Waals surface area contributed by atoms with Gasteiger partial charge in [0.15, 0.2) is 0 Å². The molecule has 1 aromatic heterocycles. The zero-order valence-corrected chi connectivity index (χ0v) is 12.6. The number of aromatic nitrogens is 1. The third-order valence-corrected chi connectivity index (χ3v) is 4.60. The summed E-state index contributed by atoms with van der Waals surface area (Å²) in [7, 11) is 0. The maximum Gasteiger partial charge on any atom is 0.433 e. The highest BCUT2D eigenvalue weighted by molar-refractivity contribution is 5.56. The molecule has 2 fully saturated rings. The van der Waals surface area contributed by atoms with Crippen molar-refractivity contribution in [3.05, 3.63) is 23.4 Å². The van der Waals surface area contributed by atoms with E-state index in [1.54, 1.807) is 0 Å². The van der Waals surface area contributed by atoms with Crippen molar-refractivity contribution in [3.63, 3.8) is 0 Å². The first kappa shape index (κ1) is 16.1. The maximum atomic E-state index is 13.0. The van der Waals surface area contributed by atoms with E-state index in [9.17, 15) is 18.4 Å². The van der Waals surface area contributed by atoms with Crippen molar-refractivity contribution < 1.29 is 17.9 Å². The molecule has 3 heterocycles. The van der Waals surface area contributed by atoms with E-state index in [1.807, 2.05) is 11.0 Å². The van der Waals surface area contributed by atoms with E-state index in [1.165, 1.54) is 6.07 Å². The lowest BCUT2D eigenvalue weighted by atomic mass is 9.92. The van der Waals surface area contributed by atoms with E-state index in [0.717, 1.165) is 38.4 Å². The molecular weight excluding hydrogens is 307 g/mol. The molecule has 0 N–H and O–H groups in total. The smallest absolute Gasteiger partial charge is 0.381 e. The van der Waals surface area contributed by atoms with Crippen molar-refractivity contribution in [1.29, 1.82) is 5.26 Å². The number of ether oxygens (including phenoxy) is 1. The summed E-state index contributed by atoms with van der Waals surface area (Å²) in [5.41, 5.74) is -0.751. The van der Waals surface area contributed by atoms with Gasteiger partial charge >= 0.3 is 6.18 Å². The fourth-order valence-corrected chi connectivity index (χ4v) is 3.53. The molecule has 7 heteroatoms. The largest absolute Gasteiger partial charge is 0.433 e. The predicted octanol–water partition coefficient (Wildman–Crippen LogP) is 3.37. The van der Waals surface area contributed by atoms with Crippen LogP contribution in [-0.4, -0.2) is 30.8 Å². The highest BCUT2D eigenvalue weighted by Gasteiger charge is 2.37. The topological polar surface area (TPSA) is 49.2 Å². The zero-order chi connectivity index (χ0) is 16.4. The number of hydrogen-bond acceptors (Lipinski definition) is 4. The minimum atomic E-state index is -4.51. The first-order chi connectivity index (χ1) is 11.0. The molecule has 2 aliphatic heterocycles. The summed E-state index contributed by atoms with van der Waals surface area (Å²) in [6.07, 6.45) is -0.745. The normalized spacial score (nSPS) is 25.4. The molecule has 3 rings (SSSR count). The Balaban J connectivity index is 1.93. The molecule has 0 aromatic carbocycles. The van der Waals surface area contributed by atoms with Crippen LogP contribution >= 0.6 is 0 Å². The van der Waals surface area contributed by atoms with Crippen LogP contribution < -0.4 is 4.90 Å². The highest BCUT2D eigenvalue weighted by Crippen LogP contribution is 2.36. The van der Waals surface area contributed by atoms with E-state index >= 15 is 0 Å². The van der Waals surface area contributed by atoms with E-state index in [0.29, 0.717) is 13.2 Å². The van der Waals surface area contributed by atoms with Gasteiger partial charge in [0.1, 0.15) is 17.6 Å². The summed E-state index contributed by atoms with van der Waals surface area (Å²) in [6.45, 7) is 2.00. The van der Waals surface area contributed by atoms with Crippen molar-refractivity contribution in [2.75, 3.05) is 24.7 Å². The minimum absolute atomic E-state index is 0.0957. The summed E-state index contributed by atoms with van der Waals surface area (Å²) < 4.78 is 44.4. The van der Waals surface area contributed by atoms with E-state index < -0.39 is 11.9 Å². The second kappa shape index (κ2) is 6.36. The molecule has 23 heavy (non-hydrogen) atoms. The van der Waals surface area contributed by atoms with E-state index in [2.05, 4.69) is 4.98 Å². The van der Waals surface area contributed by atoms with Crippen molar-refractivity contribution in [3.8, 4) is 6.07 Å². The summed E-state index contributed by atoms with van der Waals surface area (Å²) in [5, 5.41) is 9.25. The number of nitriles is 1. The standard InChI is InChI=1S/C16H18F3N3O/c17-16(18,19)14-6-5-11(9-20)15(21-14)22-7-1-4-13(22)12-3-2-8-23-10-12/h5-6,12-13H,1-4,7-8,10H2. The molecule has 0 saturated carbocycles. The molecule has 4 nitrogen and oxygen atoms in total. The summed E-state index contributed by atoms with van der Waals surface area (Å²) in [4.78, 5) is 5.66. The van der Waals surface area contributed by atoms with Gasteiger partial charge in [0.2, 0.25) is 0 Å². The van der Waals surface area contributed by atoms with Gasteiger partial charge in [-0.25, -0.2) is 4.98 Å². The Morgan fingerprint density at radius 3 is 2.74 bits per heavy atom. The van der Waals surface area contributed by atoms with Crippen LogP contribution in [0.3, 0.4) is 0 Å². The average molecular weight is 325 g/mol. The second-order valence-corrected chi connectivity index (χ2v) is 6.06. The summed E-state index contributed by atoms with van der Waals surface area (Å²) in [6, 6.07) is 4.16. The second-order valence-electron chi connectivity index (χ2n) is 6.06. The van der Waals surface area contributed by atoms with Crippen LogP contribution in [0, 0.1) is 17.2 Å². The molecule has 2 atom stereocenters. The Bertz CT molecular complexity index is 606. The number of halogens is 3. The molecule has 0 spiro atoms. The molecule has 2 saturated heterocycles. The fourth-order valence-electron chi connectivity index (χ4n) is 3.53. The fraction of sp³-hybridized carbons (Fsp3) is 0.625. The van der Waals surface area contributed by atoms with E-state index in [-0.39, 0.29) is 23.3 Å². The molecule has 0 radical (unpaired) electrons. The van der Waals surface area contributed by atoms with Crippen LogP contribution in [0.15, 0.2) is 12.1 Å². The van der Waals surface area contributed by atoms with Crippen molar-refractivity contribution >= 4 is 5.82 Å². The first-order valence-electron chi connectivity index (χ1n) is 7.83. The molecule has 1 aromatic rings. The minimum Gasteiger partial charge on any atom is -0.381 e. The van der Waals surface area contributed by atoms with Crippen LogP contribution in [-0.2, 0) is 10.9 Å². The summed E-state index contributed by atoms with van der Waals surface area (Å²) in [5.74, 6) is 0.449. The molecule has 124 valence electrons. The quantitative estimate of drug-likeness (QED) is 0.836. The Morgan fingerprint density at radius 2 is 2.09 bits per heavy atom. The number of hydrogen-bond donors (Lipinski definition) is 0. The molecule has 2 aliphatic rings. The van der Waals surface area contributed by atoms with Gasteiger partial charge in [-0.3, -0.25) is 0 Å². The lowest BCUT2D eigenvalue weighted by Gasteiger charge is -2.35. The average Bonchev–Trinajstić information content (AvgIpc) is 3.03. The van der Waals surface area contributed by atoms with Gasteiger partial charge in [-0.2, -0.15) is 18.4 Å². The van der Waals surface area contributed by atoms with Crippen LogP contribution in [0.1, 0.15) is 36.9 Å². The van der Waals surface area contributed by atoms with Crippen LogP contribution in [0.2, 0.25) is 0 Å². The Kier molecular flexibility index (Phi) is 4.44. The van der Waals surface area contributed by atoms with Gasteiger partial charge in [-0.1, -0.05) is 0 Å². The Labute approximate surface area is 132 Å². The SMILES string of the molecule is N#Cc1ccc(C(F)(F)F)nc1N1CCCC1C1CCCOC1. The van der Waals surface area contributed by atoms with Crippen LogP contribution in [0.5, 0.6) is 0 Å². The monoisotopic (exact) mass is 325 g/mol. The summed E-state index contributed by atoms with van der Waals surface area (Å²) >= 11 is 0. The van der Waals surface area contributed by atoms with Gasteiger partial charge in [0, 0.05) is 25.1 Å². The number of alkyl halides is 3.